The molecule has 0 fully saturated rings. The number of nitrogen functional groups attached to an aromatic ring is 1. The molecule has 0 heterocycles. The summed E-state index contributed by atoms with van der Waals surface area (Å²) in [5, 5.41) is 3.69. The van der Waals surface area contributed by atoms with Crippen LogP contribution in [0.15, 0.2) is 41.6 Å². The molecule has 1 aliphatic rings. The molecular formula is C21H32N2. The highest BCUT2D eigenvalue weighted by Gasteiger charge is 2.21. The molecule has 0 bridgehead atoms. The van der Waals surface area contributed by atoms with Crippen LogP contribution in [0.1, 0.15) is 51.7 Å². The molecule has 0 saturated heterocycles. The van der Waals surface area contributed by atoms with E-state index in [4.69, 9.17) is 5.73 Å². The van der Waals surface area contributed by atoms with Gasteiger partial charge in [-0.2, -0.15) is 0 Å². The van der Waals surface area contributed by atoms with Crippen LogP contribution >= 0.6 is 0 Å². The number of nitrogens with two attached hydrogens (primary N) is 1. The fourth-order valence-electron chi connectivity index (χ4n) is 3.40. The van der Waals surface area contributed by atoms with E-state index in [1.54, 1.807) is 0 Å². The number of benzene rings is 1. The van der Waals surface area contributed by atoms with Gasteiger partial charge in [0.25, 0.3) is 0 Å². The van der Waals surface area contributed by atoms with Crippen LogP contribution in [0.25, 0.3) is 0 Å². The lowest BCUT2D eigenvalue weighted by Crippen LogP contribution is -2.27. The molecule has 126 valence electrons. The van der Waals surface area contributed by atoms with Crippen LogP contribution in [0.4, 0.5) is 5.69 Å². The van der Waals surface area contributed by atoms with Gasteiger partial charge in [0.2, 0.25) is 0 Å². The Morgan fingerprint density at radius 2 is 1.91 bits per heavy atom. The van der Waals surface area contributed by atoms with Crippen molar-refractivity contribution in [1.29, 1.82) is 0 Å². The Hall–Kier alpha value is -1.70. The highest BCUT2D eigenvalue weighted by atomic mass is 14.9. The minimum atomic E-state index is 0.591. The Kier molecular flexibility index (Phi) is 6.32. The van der Waals surface area contributed by atoms with Crippen LogP contribution in [0.5, 0.6) is 0 Å². The molecule has 23 heavy (non-hydrogen) atoms. The van der Waals surface area contributed by atoms with Crippen molar-refractivity contribution in [1.82, 2.24) is 5.32 Å². The van der Waals surface area contributed by atoms with E-state index < -0.39 is 0 Å². The first-order valence-corrected chi connectivity index (χ1v) is 9.12. The molecule has 0 saturated carbocycles. The van der Waals surface area contributed by atoms with Crippen LogP contribution in [0.2, 0.25) is 0 Å². The van der Waals surface area contributed by atoms with Gasteiger partial charge in [0.1, 0.15) is 0 Å². The maximum absolute atomic E-state index is 5.99. The smallest absolute Gasteiger partial charge is 0.0346 e. The van der Waals surface area contributed by atoms with Crippen LogP contribution in [-0.2, 0) is 12.8 Å². The molecule has 1 aliphatic carbocycles. The van der Waals surface area contributed by atoms with Crippen LogP contribution in [0.3, 0.4) is 0 Å². The lowest BCUT2D eigenvalue weighted by atomic mass is 9.82. The fraction of sp³-hybridized carbons (Fsp3) is 0.524. The van der Waals surface area contributed by atoms with Crippen LogP contribution in [-0.4, -0.2) is 6.54 Å². The van der Waals surface area contributed by atoms with Gasteiger partial charge in [0, 0.05) is 23.8 Å². The number of rotatable bonds is 7. The topological polar surface area (TPSA) is 38.0 Å². The van der Waals surface area contributed by atoms with Crippen molar-refractivity contribution in [2.24, 2.45) is 11.8 Å². The Bertz CT molecular complexity index is 584. The summed E-state index contributed by atoms with van der Waals surface area (Å²) in [5.41, 5.74) is 12.4. The molecule has 1 aromatic carbocycles. The van der Waals surface area contributed by atoms with Gasteiger partial charge in [0.05, 0.1) is 0 Å². The summed E-state index contributed by atoms with van der Waals surface area (Å²) in [6.07, 6.45) is 9.19. The molecule has 2 atom stereocenters. The molecule has 1 aromatic rings. The molecule has 2 unspecified atom stereocenters. The van der Waals surface area contributed by atoms with E-state index in [-0.39, 0.29) is 0 Å². The van der Waals surface area contributed by atoms with E-state index in [1.165, 1.54) is 28.8 Å². The summed E-state index contributed by atoms with van der Waals surface area (Å²) in [6, 6.07) is 6.45. The van der Waals surface area contributed by atoms with E-state index in [9.17, 15) is 0 Å². The average molecular weight is 313 g/mol. The Morgan fingerprint density at radius 1 is 1.13 bits per heavy atom. The second-order valence-electron chi connectivity index (χ2n) is 6.62. The zero-order valence-corrected chi connectivity index (χ0v) is 15.2. The summed E-state index contributed by atoms with van der Waals surface area (Å²) in [5.74, 6) is 1.26. The largest absolute Gasteiger partial charge is 0.399 e. The maximum atomic E-state index is 5.99. The number of hydrogen-bond acceptors (Lipinski definition) is 2. The van der Waals surface area contributed by atoms with Crippen molar-refractivity contribution in [3.05, 3.63) is 52.7 Å². The van der Waals surface area contributed by atoms with Gasteiger partial charge < -0.3 is 11.1 Å². The summed E-state index contributed by atoms with van der Waals surface area (Å²) in [4.78, 5) is 0. The predicted molar refractivity (Wildman–Crippen MR) is 101 cm³/mol. The van der Waals surface area contributed by atoms with Gasteiger partial charge in [-0.15, -0.1) is 0 Å². The van der Waals surface area contributed by atoms with Crippen molar-refractivity contribution < 1.29 is 0 Å². The monoisotopic (exact) mass is 312 g/mol. The zero-order chi connectivity index (χ0) is 16.8. The lowest BCUT2D eigenvalue weighted by molar-refractivity contribution is 0.439. The Labute approximate surface area is 141 Å². The second kappa shape index (κ2) is 8.24. The number of hydrogen-bond donors (Lipinski definition) is 2. The van der Waals surface area contributed by atoms with Gasteiger partial charge in [-0.3, -0.25) is 0 Å². The average Bonchev–Trinajstić information content (AvgIpc) is 2.57. The third kappa shape index (κ3) is 4.40. The number of nitrogens with one attached hydrogen (secondary N) is 1. The zero-order valence-electron chi connectivity index (χ0n) is 15.2. The summed E-state index contributed by atoms with van der Waals surface area (Å²) >= 11 is 0. The first-order valence-electron chi connectivity index (χ1n) is 9.12. The van der Waals surface area contributed by atoms with Crippen molar-refractivity contribution in [3.63, 3.8) is 0 Å². The molecule has 0 spiro atoms. The van der Waals surface area contributed by atoms with E-state index in [0.717, 1.165) is 31.5 Å². The molecule has 0 aromatic heterocycles. The first kappa shape index (κ1) is 17.7. The standard InChI is InChI=1S/C21H32N2/c1-5-16-12-18(6-2)15(4)21(14-16)23-11-10-17-8-9-20(22)19(7-3)13-17/h8-9,12-15,18,23H,5-7,10-11,22H2,1-4H3. The molecular weight excluding hydrogens is 280 g/mol. The van der Waals surface area contributed by atoms with Gasteiger partial charge in [-0.25, -0.2) is 0 Å². The first-order chi connectivity index (χ1) is 11.1. The summed E-state index contributed by atoms with van der Waals surface area (Å²) < 4.78 is 0. The Balaban J connectivity index is 1.97. The van der Waals surface area contributed by atoms with E-state index in [2.05, 4.69) is 57.3 Å². The third-order valence-electron chi connectivity index (χ3n) is 5.11. The van der Waals surface area contributed by atoms with E-state index in [1.807, 2.05) is 6.07 Å². The fourth-order valence-corrected chi connectivity index (χ4v) is 3.40. The van der Waals surface area contributed by atoms with E-state index in [0.29, 0.717) is 11.8 Å². The highest BCUT2D eigenvalue weighted by molar-refractivity contribution is 5.48. The minimum absolute atomic E-state index is 0.591. The molecule has 2 nitrogen and oxygen atoms in total. The molecule has 2 heteroatoms. The van der Waals surface area contributed by atoms with Crippen molar-refractivity contribution in [3.8, 4) is 0 Å². The summed E-state index contributed by atoms with van der Waals surface area (Å²) in [7, 11) is 0. The molecule has 2 rings (SSSR count). The minimum Gasteiger partial charge on any atom is -0.399 e. The third-order valence-corrected chi connectivity index (χ3v) is 5.11. The molecule has 0 aliphatic heterocycles. The quantitative estimate of drug-likeness (QED) is 0.706. The Morgan fingerprint density at radius 3 is 2.57 bits per heavy atom. The molecule has 0 amide bonds. The predicted octanol–water partition coefficient (Wildman–Crippen LogP) is 4.86. The normalized spacial score (nSPS) is 20.9. The van der Waals surface area contributed by atoms with Gasteiger partial charge in [0.15, 0.2) is 0 Å². The van der Waals surface area contributed by atoms with Crippen LogP contribution < -0.4 is 11.1 Å². The molecule has 0 radical (unpaired) electrons. The lowest BCUT2D eigenvalue weighted by Gasteiger charge is -2.29. The number of allylic oxidation sites excluding steroid dienone is 4. The number of aryl methyl sites for hydroxylation is 1. The van der Waals surface area contributed by atoms with Gasteiger partial charge >= 0.3 is 0 Å². The molecule has 3 N–H and O–H groups in total. The van der Waals surface area contributed by atoms with Gasteiger partial charge in [-0.05, 0) is 54.9 Å². The van der Waals surface area contributed by atoms with Crippen LogP contribution in [0, 0.1) is 11.8 Å². The SMILES string of the molecule is CCC1=CC(CC)C(C)C(NCCc2ccc(N)c(CC)c2)=C1. The number of anilines is 1. The highest BCUT2D eigenvalue weighted by Crippen LogP contribution is 2.30. The van der Waals surface area contributed by atoms with Gasteiger partial charge in [-0.1, -0.05) is 51.5 Å². The summed E-state index contributed by atoms with van der Waals surface area (Å²) in [6.45, 7) is 10.0. The van der Waals surface area contributed by atoms with Crippen molar-refractivity contribution in [2.45, 2.75) is 53.4 Å². The van der Waals surface area contributed by atoms with Crippen molar-refractivity contribution in [2.75, 3.05) is 12.3 Å². The second-order valence-corrected chi connectivity index (χ2v) is 6.62. The maximum Gasteiger partial charge on any atom is 0.0346 e. The van der Waals surface area contributed by atoms with E-state index >= 15 is 0 Å². The van der Waals surface area contributed by atoms with Crippen molar-refractivity contribution >= 4 is 5.69 Å².